The van der Waals surface area contributed by atoms with Crippen LogP contribution in [0.3, 0.4) is 0 Å². The topological polar surface area (TPSA) is 103 Å². The van der Waals surface area contributed by atoms with E-state index in [4.69, 9.17) is 0 Å². The summed E-state index contributed by atoms with van der Waals surface area (Å²) in [6.07, 6.45) is 7.11. The summed E-state index contributed by atoms with van der Waals surface area (Å²) < 4.78 is 27.0. The molecule has 0 radical (unpaired) electrons. The minimum atomic E-state index is -3.70. The molecule has 0 saturated carbocycles. The highest BCUT2D eigenvalue weighted by Crippen LogP contribution is 2.20. The Morgan fingerprint density at radius 3 is 2.67 bits per heavy atom. The van der Waals surface area contributed by atoms with Gasteiger partial charge in [-0.1, -0.05) is 27.2 Å². The third-order valence-electron chi connectivity index (χ3n) is 6.57. The molecule has 1 aliphatic rings. The molecule has 2 N–H and O–H groups in total. The standard InChI is InChI=1S/C24H36N4O4S/c1-4-18-10-7-8-14-27(18)15-9-13-25-24(30)21-17-26-22-12-11-19(16-20(22)23(21)29)33(31,32)28(5-2)6-3/h11-12,16-18H,4-10,13-15H2,1-3H3,(H,25,30)(H,26,29)/t18-/m0/s1. The van der Waals surface area contributed by atoms with Gasteiger partial charge in [-0.2, -0.15) is 4.31 Å². The first kappa shape index (κ1) is 25.4. The summed E-state index contributed by atoms with van der Waals surface area (Å²) in [4.78, 5) is 31.2. The molecule has 3 rings (SSSR count). The van der Waals surface area contributed by atoms with Crippen LogP contribution in [0, 0.1) is 0 Å². The fourth-order valence-electron chi connectivity index (χ4n) is 4.64. The average molecular weight is 477 g/mol. The van der Waals surface area contributed by atoms with E-state index >= 15 is 0 Å². The summed E-state index contributed by atoms with van der Waals surface area (Å²) in [5.74, 6) is -0.444. The third-order valence-corrected chi connectivity index (χ3v) is 8.61. The zero-order valence-electron chi connectivity index (χ0n) is 19.9. The SMILES string of the molecule is CC[C@H]1CCCCN1CCCNC(=O)c1c[nH]c2ccc(S(=O)(=O)N(CC)CC)cc2c1=O. The van der Waals surface area contributed by atoms with Gasteiger partial charge >= 0.3 is 0 Å². The molecule has 9 heteroatoms. The second-order valence-corrected chi connectivity index (χ2v) is 10.5. The Balaban J connectivity index is 1.72. The van der Waals surface area contributed by atoms with Gasteiger partial charge in [0.15, 0.2) is 0 Å². The van der Waals surface area contributed by atoms with Crippen molar-refractivity contribution in [2.45, 2.75) is 63.8 Å². The van der Waals surface area contributed by atoms with Gasteiger partial charge in [0.05, 0.1) is 4.90 Å². The van der Waals surface area contributed by atoms with E-state index in [9.17, 15) is 18.0 Å². The second-order valence-electron chi connectivity index (χ2n) is 8.53. The molecule has 33 heavy (non-hydrogen) atoms. The number of fused-ring (bicyclic) bond motifs is 1. The van der Waals surface area contributed by atoms with Gasteiger partial charge in [0.1, 0.15) is 5.56 Å². The molecule has 1 saturated heterocycles. The maximum atomic E-state index is 13.0. The number of carbonyl (C=O) groups excluding carboxylic acids is 1. The zero-order valence-corrected chi connectivity index (χ0v) is 20.7. The first-order valence-electron chi connectivity index (χ1n) is 12.0. The number of aromatic amines is 1. The summed E-state index contributed by atoms with van der Waals surface area (Å²) in [6, 6.07) is 5.03. The smallest absolute Gasteiger partial charge is 0.256 e. The van der Waals surface area contributed by atoms with Gasteiger partial charge in [0.2, 0.25) is 15.5 Å². The average Bonchev–Trinajstić information content (AvgIpc) is 2.82. The van der Waals surface area contributed by atoms with E-state index in [2.05, 4.69) is 22.1 Å². The fraction of sp³-hybridized carbons (Fsp3) is 0.583. The van der Waals surface area contributed by atoms with Gasteiger partial charge in [-0.3, -0.25) is 9.59 Å². The lowest BCUT2D eigenvalue weighted by molar-refractivity contribution is 0.0946. The molecule has 0 spiro atoms. The van der Waals surface area contributed by atoms with E-state index in [1.165, 1.54) is 41.9 Å². The minimum absolute atomic E-state index is 0.00991. The number of H-pyrrole nitrogens is 1. The maximum Gasteiger partial charge on any atom is 0.256 e. The molecular formula is C24H36N4O4S. The van der Waals surface area contributed by atoms with Gasteiger partial charge in [0.25, 0.3) is 5.91 Å². The quantitative estimate of drug-likeness (QED) is 0.513. The van der Waals surface area contributed by atoms with Gasteiger partial charge in [0, 0.05) is 49.3 Å². The number of nitrogens with zero attached hydrogens (tertiary/aromatic N) is 2. The highest BCUT2D eigenvalue weighted by Gasteiger charge is 2.23. The molecule has 1 amide bonds. The Morgan fingerprint density at radius 2 is 1.97 bits per heavy atom. The normalized spacial score (nSPS) is 17.5. The van der Waals surface area contributed by atoms with Crippen LogP contribution in [0.4, 0.5) is 0 Å². The molecule has 1 aromatic heterocycles. The van der Waals surface area contributed by atoms with Crippen molar-refractivity contribution in [3.05, 3.63) is 40.2 Å². The number of carbonyl (C=O) groups is 1. The lowest BCUT2D eigenvalue weighted by Crippen LogP contribution is -2.40. The van der Waals surface area contributed by atoms with E-state index in [-0.39, 0.29) is 15.8 Å². The first-order chi connectivity index (χ1) is 15.8. The number of pyridine rings is 1. The van der Waals surface area contributed by atoms with Gasteiger partial charge in [-0.25, -0.2) is 8.42 Å². The van der Waals surface area contributed by atoms with Crippen LogP contribution in [0.2, 0.25) is 0 Å². The number of benzene rings is 1. The Kier molecular flexibility index (Phi) is 8.67. The molecule has 1 aromatic carbocycles. The number of aromatic nitrogens is 1. The molecule has 1 aliphatic heterocycles. The Hall–Kier alpha value is -2.23. The minimum Gasteiger partial charge on any atom is -0.360 e. The highest BCUT2D eigenvalue weighted by molar-refractivity contribution is 7.89. The number of amides is 1. The number of rotatable bonds is 10. The Labute approximate surface area is 196 Å². The Morgan fingerprint density at radius 1 is 1.21 bits per heavy atom. The molecule has 2 heterocycles. The van der Waals surface area contributed by atoms with Crippen molar-refractivity contribution in [1.29, 1.82) is 0 Å². The van der Waals surface area contributed by atoms with Crippen molar-refractivity contribution < 1.29 is 13.2 Å². The number of hydrogen-bond donors (Lipinski definition) is 2. The largest absolute Gasteiger partial charge is 0.360 e. The highest BCUT2D eigenvalue weighted by atomic mass is 32.2. The van der Waals surface area contributed by atoms with E-state index in [1.54, 1.807) is 19.9 Å². The van der Waals surface area contributed by atoms with Crippen molar-refractivity contribution in [1.82, 2.24) is 19.5 Å². The lowest BCUT2D eigenvalue weighted by atomic mass is 10.00. The van der Waals surface area contributed by atoms with E-state index in [0.717, 1.165) is 25.9 Å². The van der Waals surface area contributed by atoms with Crippen LogP contribution in [0.25, 0.3) is 10.9 Å². The summed E-state index contributed by atoms with van der Waals surface area (Å²) >= 11 is 0. The van der Waals surface area contributed by atoms with Crippen molar-refractivity contribution in [2.24, 2.45) is 0 Å². The van der Waals surface area contributed by atoms with Crippen LogP contribution >= 0.6 is 0 Å². The monoisotopic (exact) mass is 476 g/mol. The number of piperidine rings is 1. The summed E-state index contributed by atoms with van der Waals surface area (Å²) in [5, 5.41) is 3.04. The molecule has 182 valence electrons. The van der Waals surface area contributed by atoms with Crippen LogP contribution in [-0.4, -0.2) is 67.3 Å². The van der Waals surface area contributed by atoms with Crippen molar-refractivity contribution in [2.75, 3.05) is 32.7 Å². The van der Waals surface area contributed by atoms with Crippen molar-refractivity contribution in [3.63, 3.8) is 0 Å². The van der Waals surface area contributed by atoms with Crippen molar-refractivity contribution in [3.8, 4) is 0 Å². The zero-order chi connectivity index (χ0) is 24.0. The summed E-state index contributed by atoms with van der Waals surface area (Å²) in [5.41, 5.74) is 0.00923. The van der Waals surface area contributed by atoms with Crippen LogP contribution < -0.4 is 10.7 Å². The first-order valence-corrected chi connectivity index (χ1v) is 13.4. The number of nitrogens with one attached hydrogen (secondary N) is 2. The Bertz CT molecular complexity index is 1120. The van der Waals surface area contributed by atoms with Gasteiger partial charge in [-0.15, -0.1) is 0 Å². The molecule has 2 aromatic rings. The molecule has 0 unspecified atom stereocenters. The third kappa shape index (κ3) is 5.65. The number of sulfonamides is 1. The molecular weight excluding hydrogens is 440 g/mol. The molecule has 1 atom stereocenters. The van der Waals surface area contributed by atoms with Gasteiger partial charge < -0.3 is 15.2 Å². The van der Waals surface area contributed by atoms with Crippen LogP contribution in [0.1, 0.15) is 63.2 Å². The van der Waals surface area contributed by atoms with E-state index in [0.29, 0.717) is 31.2 Å². The molecule has 0 aliphatic carbocycles. The summed E-state index contributed by atoms with van der Waals surface area (Å²) in [6.45, 7) is 8.96. The van der Waals surface area contributed by atoms with E-state index < -0.39 is 21.4 Å². The molecule has 8 nitrogen and oxygen atoms in total. The van der Waals surface area contributed by atoms with Crippen LogP contribution in [-0.2, 0) is 10.0 Å². The molecule has 1 fully saturated rings. The van der Waals surface area contributed by atoms with Crippen LogP contribution in [0.15, 0.2) is 34.1 Å². The number of likely N-dealkylation sites (tertiary alicyclic amines) is 1. The predicted molar refractivity (Wildman–Crippen MR) is 131 cm³/mol. The van der Waals surface area contributed by atoms with Crippen LogP contribution in [0.5, 0.6) is 0 Å². The predicted octanol–water partition coefficient (Wildman–Crippen LogP) is 2.94. The molecule has 0 bridgehead atoms. The fourth-order valence-corrected chi connectivity index (χ4v) is 6.12. The van der Waals surface area contributed by atoms with E-state index in [1.807, 2.05) is 0 Å². The number of hydrogen-bond acceptors (Lipinski definition) is 5. The van der Waals surface area contributed by atoms with Crippen molar-refractivity contribution >= 4 is 26.8 Å². The maximum absolute atomic E-state index is 13.0. The van der Waals surface area contributed by atoms with Gasteiger partial charge in [-0.05, 0) is 50.4 Å². The lowest BCUT2D eigenvalue weighted by Gasteiger charge is -2.35. The summed E-state index contributed by atoms with van der Waals surface area (Å²) in [7, 11) is -3.70. The second kappa shape index (κ2) is 11.3.